The maximum Gasteiger partial charge on any atom is 0.191 e. The second kappa shape index (κ2) is 9.24. The lowest BCUT2D eigenvalue weighted by Gasteiger charge is -2.07. The van der Waals surface area contributed by atoms with Crippen LogP contribution in [0.2, 0.25) is 0 Å². The van der Waals surface area contributed by atoms with Gasteiger partial charge in [0.2, 0.25) is 0 Å². The van der Waals surface area contributed by atoms with E-state index in [9.17, 15) is 0 Å². The summed E-state index contributed by atoms with van der Waals surface area (Å²) in [6.45, 7) is 2.53. The number of benzene rings is 2. The summed E-state index contributed by atoms with van der Waals surface area (Å²) >= 11 is 3.30. The number of hydrogen-bond acceptors (Lipinski definition) is 6. The zero-order valence-corrected chi connectivity index (χ0v) is 18.0. The monoisotopic (exact) mass is 422 g/mol. The normalized spacial score (nSPS) is 11.0. The van der Waals surface area contributed by atoms with E-state index >= 15 is 0 Å². The molecule has 7 heteroatoms. The highest BCUT2D eigenvalue weighted by Gasteiger charge is 2.12. The van der Waals surface area contributed by atoms with E-state index < -0.39 is 0 Å². The number of aromatic nitrogens is 4. The molecule has 2 aromatic heterocycles. The van der Waals surface area contributed by atoms with Gasteiger partial charge in [-0.05, 0) is 24.1 Å². The Balaban J connectivity index is 1.34. The van der Waals surface area contributed by atoms with Crippen molar-refractivity contribution < 1.29 is 4.74 Å². The van der Waals surface area contributed by atoms with E-state index in [1.165, 1.54) is 5.56 Å². The van der Waals surface area contributed by atoms with Crippen LogP contribution in [0.5, 0.6) is 5.75 Å². The van der Waals surface area contributed by atoms with Crippen molar-refractivity contribution in [1.29, 1.82) is 0 Å². The largest absolute Gasteiger partial charge is 0.486 e. The summed E-state index contributed by atoms with van der Waals surface area (Å²) in [5.41, 5.74) is 3.50. The van der Waals surface area contributed by atoms with Crippen LogP contribution in [0.25, 0.3) is 10.6 Å². The van der Waals surface area contributed by atoms with Crippen LogP contribution in [0.4, 0.5) is 0 Å². The third-order valence-electron chi connectivity index (χ3n) is 4.55. The molecule has 2 heterocycles. The smallest absolute Gasteiger partial charge is 0.191 e. The summed E-state index contributed by atoms with van der Waals surface area (Å²) < 4.78 is 7.84. The summed E-state index contributed by atoms with van der Waals surface area (Å²) in [4.78, 5) is 4.74. The molecule has 4 aromatic rings. The van der Waals surface area contributed by atoms with Crippen molar-refractivity contribution in [3.8, 4) is 16.3 Å². The van der Waals surface area contributed by atoms with Gasteiger partial charge in [-0.3, -0.25) is 0 Å². The Bertz CT molecular complexity index is 1060. The molecule has 0 fully saturated rings. The molecule has 0 saturated heterocycles. The van der Waals surface area contributed by atoms with Gasteiger partial charge in [0, 0.05) is 23.7 Å². The lowest BCUT2D eigenvalue weighted by atomic mass is 10.2. The third-order valence-corrected chi connectivity index (χ3v) is 6.54. The molecule has 0 atom stereocenters. The van der Waals surface area contributed by atoms with Crippen LogP contribution in [0.15, 0.2) is 65.1 Å². The molecule has 29 heavy (non-hydrogen) atoms. The Morgan fingerprint density at radius 2 is 1.83 bits per heavy atom. The van der Waals surface area contributed by atoms with Crippen molar-refractivity contribution in [3.63, 3.8) is 0 Å². The van der Waals surface area contributed by atoms with Crippen molar-refractivity contribution >= 4 is 23.1 Å². The van der Waals surface area contributed by atoms with Crippen molar-refractivity contribution in [2.45, 2.75) is 30.9 Å². The van der Waals surface area contributed by atoms with Crippen LogP contribution < -0.4 is 4.74 Å². The minimum Gasteiger partial charge on any atom is -0.486 e. The Morgan fingerprint density at radius 3 is 2.59 bits per heavy atom. The number of thiazole rings is 1. The highest BCUT2D eigenvalue weighted by molar-refractivity contribution is 7.98. The second-order valence-electron chi connectivity index (χ2n) is 6.54. The molecule has 148 valence electrons. The van der Waals surface area contributed by atoms with Crippen molar-refractivity contribution in [2.75, 3.05) is 0 Å². The zero-order chi connectivity index (χ0) is 20.1. The van der Waals surface area contributed by atoms with Gasteiger partial charge in [0.1, 0.15) is 17.4 Å². The second-order valence-corrected chi connectivity index (χ2v) is 8.34. The van der Waals surface area contributed by atoms with Gasteiger partial charge in [0.25, 0.3) is 0 Å². The first-order valence-corrected chi connectivity index (χ1v) is 11.3. The molecule has 4 rings (SSSR count). The summed E-state index contributed by atoms with van der Waals surface area (Å²) in [6.07, 6.45) is 1.02. The van der Waals surface area contributed by atoms with Crippen LogP contribution in [0.1, 0.15) is 24.0 Å². The molecule has 0 aliphatic heterocycles. The van der Waals surface area contributed by atoms with Gasteiger partial charge in [-0.15, -0.1) is 21.5 Å². The van der Waals surface area contributed by atoms with Gasteiger partial charge < -0.3 is 9.30 Å². The van der Waals surface area contributed by atoms with Gasteiger partial charge >= 0.3 is 0 Å². The van der Waals surface area contributed by atoms with Crippen molar-refractivity contribution in [1.82, 2.24) is 19.7 Å². The molecule has 0 radical (unpaired) electrons. The molecule has 0 spiro atoms. The first-order chi connectivity index (χ1) is 14.2. The Kier molecular flexibility index (Phi) is 6.27. The highest BCUT2D eigenvalue weighted by atomic mass is 32.2. The highest BCUT2D eigenvalue weighted by Crippen LogP contribution is 2.27. The predicted molar refractivity (Wildman–Crippen MR) is 118 cm³/mol. The van der Waals surface area contributed by atoms with Crippen LogP contribution in [-0.4, -0.2) is 19.7 Å². The molecule has 0 bridgehead atoms. The third kappa shape index (κ3) is 4.86. The average Bonchev–Trinajstić information content (AvgIpc) is 3.38. The lowest BCUT2D eigenvalue weighted by Crippen LogP contribution is -2.04. The maximum atomic E-state index is 5.86. The van der Waals surface area contributed by atoms with Crippen LogP contribution in [0, 0.1) is 0 Å². The van der Waals surface area contributed by atoms with Crippen molar-refractivity contribution in [3.05, 3.63) is 77.1 Å². The van der Waals surface area contributed by atoms with Crippen LogP contribution >= 0.6 is 23.1 Å². The summed E-state index contributed by atoms with van der Waals surface area (Å²) in [6, 6.07) is 18.4. The van der Waals surface area contributed by atoms with Gasteiger partial charge in [0.15, 0.2) is 11.0 Å². The fourth-order valence-corrected chi connectivity index (χ4v) is 4.54. The lowest BCUT2D eigenvalue weighted by molar-refractivity contribution is 0.290. The van der Waals surface area contributed by atoms with E-state index in [0.29, 0.717) is 6.61 Å². The summed E-state index contributed by atoms with van der Waals surface area (Å²) in [5, 5.41) is 12.6. The fraction of sp³-hybridized carbons (Fsp3) is 0.227. The first-order valence-electron chi connectivity index (χ1n) is 9.45. The van der Waals surface area contributed by atoms with Gasteiger partial charge in [-0.2, -0.15) is 0 Å². The quantitative estimate of drug-likeness (QED) is 0.357. The Hall–Kier alpha value is -2.64. The van der Waals surface area contributed by atoms with Crippen LogP contribution in [0.3, 0.4) is 0 Å². The zero-order valence-electron chi connectivity index (χ0n) is 16.4. The number of aryl methyl sites for hydroxylation is 1. The number of hydrogen-bond donors (Lipinski definition) is 0. The Labute approximate surface area is 178 Å². The molecule has 2 aromatic carbocycles. The number of nitrogens with zero attached hydrogens (tertiary/aromatic N) is 4. The van der Waals surface area contributed by atoms with Gasteiger partial charge in [-0.1, -0.05) is 61.2 Å². The first kappa shape index (κ1) is 19.7. The topological polar surface area (TPSA) is 52.8 Å². The molecule has 0 aliphatic rings. The average molecular weight is 423 g/mol. The molecule has 0 aliphatic carbocycles. The SMILES string of the molecule is CCc1ccc(OCc2nnc(SCc3csc(-c4ccccc4)n3)n2C)cc1. The molecule has 0 unspecified atom stereocenters. The molecule has 5 nitrogen and oxygen atoms in total. The predicted octanol–water partition coefficient (Wildman–Crippen LogP) is 5.37. The number of thioether (sulfide) groups is 1. The van der Waals surface area contributed by atoms with E-state index in [2.05, 4.69) is 46.8 Å². The summed E-state index contributed by atoms with van der Waals surface area (Å²) in [7, 11) is 1.97. The molecule has 0 N–H and O–H groups in total. The van der Waals surface area contributed by atoms with Gasteiger partial charge in [0.05, 0.1) is 5.69 Å². The van der Waals surface area contributed by atoms with Crippen molar-refractivity contribution in [2.24, 2.45) is 7.05 Å². The molecule has 0 saturated carbocycles. The van der Waals surface area contributed by atoms with E-state index in [1.54, 1.807) is 23.1 Å². The van der Waals surface area contributed by atoms with E-state index in [0.717, 1.165) is 45.2 Å². The fourth-order valence-electron chi connectivity index (χ4n) is 2.79. The number of ether oxygens (including phenoxy) is 1. The molecule has 0 amide bonds. The standard InChI is InChI=1S/C22H22N4OS2/c1-3-16-9-11-19(12-10-16)27-13-20-24-25-22(26(20)2)29-15-18-14-28-21(23-18)17-7-5-4-6-8-17/h4-12,14H,3,13,15H2,1-2H3. The molecular weight excluding hydrogens is 400 g/mol. The minimum absolute atomic E-state index is 0.393. The van der Waals surface area contributed by atoms with E-state index in [4.69, 9.17) is 9.72 Å². The number of rotatable bonds is 8. The van der Waals surface area contributed by atoms with E-state index in [-0.39, 0.29) is 0 Å². The Morgan fingerprint density at radius 1 is 1.03 bits per heavy atom. The molecular formula is C22H22N4OS2. The van der Waals surface area contributed by atoms with E-state index in [1.807, 2.05) is 41.9 Å². The van der Waals surface area contributed by atoms with Crippen LogP contribution in [-0.2, 0) is 25.8 Å². The maximum absolute atomic E-state index is 5.86. The van der Waals surface area contributed by atoms with Gasteiger partial charge in [-0.25, -0.2) is 4.98 Å². The summed E-state index contributed by atoms with van der Waals surface area (Å²) in [5.74, 6) is 2.40. The minimum atomic E-state index is 0.393.